The Hall–Kier alpha value is -1.38. The molecule has 0 aromatic heterocycles. The molecule has 0 aliphatic carbocycles. The zero-order chi connectivity index (χ0) is 16.9. The number of halogens is 2. The maximum atomic E-state index is 13.9. The normalized spacial score (nSPS) is 17.0. The van der Waals surface area contributed by atoms with Gasteiger partial charge in [-0.1, -0.05) is 27.2 Å². The van der Waals surface area contributed by atoms with E-state index in [2.05, 4.69) is 0 Å². The molecule has 0 saturated carbocycles. The van der Waals surface area contributed by atoms with Crippen LogP contribution in [0.4, 0.5) is 13.6 Å². The van der Waals surface area contributed by atoms with Gasteiger partial charge in [-0.05, 0) is 20.8 Å². The minimum atomic E-state index is -3.07. The Balaban J connectivity index is 0.00000191. The van der Waals surface area contributed by atoms with E-state index in [1.54, 1.807) is 33.8 Å². The summed E-state index contributed by atoms with van der Waals surface area (Å²) in [5, 5.41) is 9.02. The Morgan fingerprint density at radius 1 is 1.33 bits per heavy atom. The Morgan fingerprint density at radius 2 is 1.81 bits per heavy atom. The fourth-order valence-electron chi connectivity index (χ4n) is 2.00. The van der Waals surface area contributed by atoms with Crippen LogP contribution in [-0.4, -0.2) is 35.6 Å². The largest absolute Gasteiger partial charge is 0.444 e. The highest BCUT2D eigenvalue weighted by molar-refractivity contribution is 5.70. The standard InChI is InChI=1S/C13H20F2N2O2.C2H6/c1-5-6-13(14,15)12(7-16)8-17(9-12)10(18)19-11(2,3)4;1-2/h5-6,8-9H2,1-4H3;1-2H3. The van der Waals surface area contributed by atoms with Crippen molar-refractivity contribution in [3.63, 3.8) is 0 Å². The van der Waals surface area contributed by atoms with E-state index in [1.807, 2.05) is 13.8 Å². The number of amides is 1. The lowest BCUT2D eigenvalue weighted by Crippen LogP contribution is -2.65. The molecule has 0 unspecified atom stereocenters. The van der Waals surface area contributed by atoms with Crippen LogP contribution in [-0.2, 0) is 4.74 Å². The lowest BCUT2D eigenvalue weighted by molar-refractivity contribution is -0.159. The van der Waals surface area contributed by atoms with Gasteiger partial charge in [0.05, 0.1) is 19.2 Å². The predicted molar refractivity (Wildman–Crippen MR) is 77.1 cm³/mol. The molecule has 0 aromatic carbocycles. The second kappa shape index (κ2) is 7.06. The third-order valence-corrected chi connectivity index (χ3v) is 3.05. The number of nitriles is 1. The molecule has 122 valence electrons. The summed E-state index contributed by atoms with van der Waals surface area (Å²) in [5.41, 5.74) is -2.44. The molecule has 1 heterocycles. The Morgan fingerprint density at radius 3 is 2.14 bits per heavy atom. The van der Waals surface area contributed by atoms with Crippen LogP contribution in [0.15, 0.2) is 0 Å². The zero-order valence-electron chi connectivity index (χ0n) is 13.8. The average molecular weight is 304 g/mol. The highest BCUT2D eigenvalue weighted by Crippen LogP contribution is 2.46. The van der Waals surface area contributed by atoms with Gasteiger partial charge >= 0.3 is 6.09 Å². The highest BCUT2D eigenvalue weighted by Gasteiger charge is 2.62. The van der Waals surface area contributed by atoms with Crippen LogP contribution in [0.25, 0.3) is 0 Å². The minimum Gasteiger partial charge on any atom is -0.444 e. The molecule has 1 aliphatic heterocycles. The van der Waals surface area contributed by atoms with Gasteiger partial charge in [0.2, 0.25) is 0 Å². The van der Waals surface area contributed by atoms with Crippen molar-refractivity contribution in [2.75, 3.05) is 13.1 Å². The number of carbonyl (C=O) groups is 1. The van der Waals surface area contributed by atoms with E-state index < -0.39 is 23.0 Å². The topological polar surface area (TPSA) is 53.3 Å². The van der Waals surface area contributed by atoms with E-state index in [9.17, 15) is 13.6 Å². The van der Waals surface area contributed by atoms with Crippen LogP contribution in [0.1, 0.15) is 54.4 Å². The molecule has 0 N–H and O–H groups in total. The SMILES string of the molecule is CC.CCCC(F)(F)C1(C#N)CN(C(=O)OC(C)(C)C)C1. The number of ether oxygens (including phenoxy) is 1. The summed E-state index contributed by atoms with van der Waals surface area (Å²) in [6.07, 6.45) is -0.698. The number of alkyl halides is 2. The van der Waals surface area contributed by atoms with Crippen molar-refractivity contribution in [1.29, 1.82) is 5.26 Å². The molecule has 1 saturated heterocycles. The van der Waals surface area contributed by atoms with Crippen molar-refractivity contribution < 1.29 is 18.3 Å². The molecule has 1 fully saturated rings. The van der Waals surface area contributed by atoms with Gasteiger partial charge in [0.25, 0.3) is 5.92 Å². The summed E-state index contributed by atoms with van der Waals surface area (Å²) in [4.78, 5) is 12.8. The molecule has 0 bridgehead atoms. The summed E-state index contributed by atoms with van der Waals surface area (Å²) < 4.78 is 32.9. The quantitative estimate of drug-likeness (QED) is 0.785. The molecule has 4 nitrogen and oxygen atoms in total. The van der Waals surface area contributed by atoms with Gasteiger partial charge in [-0.15, -0.1) is 0 Å². The van der Waals surface area contributed by atoms with Gasteiger partial charge in [0, 0.05) is 6.42 Å². The summed E-state index contributed by atoms with van der Waals surface area (Å²) >= 11 is 0. The van der Waals surface area contributed by atoms with Gasteiger partial charge in [-0.3, -0.25) is 0 Å². The van der Waals surface area contributed by atoms with Crippen molar-refractivity contribution in [3.05, 3.63) is 0 Å². The van der Waals surface area contributed by atoms with Gasteiger partial charge < -0.3 is 9.64 Å². The van der Waals surface area contributed by atoms with Crippen LogP contribution >= 0.6 is 0 Å². The van der Waals surface area contributed by atoms with Gasteiger partial charge in [-0.25, -0.2) is 13.6 Å². The molecule has 1 amide bonds. The minimum absolute atomic E-state index is 0.272. The fraction of sp³-hybridized carbons (Fsp3) is 0.867. The molecule has 0 aromatic rings. The monoisotopic (exact) mass is 304 g/mol. The Labute approximate surface area is 126 Å². The summed E-state index contributed by atoms with van der Waals surface area (Å²) in [6, 6.07) is 1.69. The smallest absolute Gasteiger partial charge is 0.410 e. The maximum Gasteiger partial charge on any atom is 0.410 e. The number of carbonyl (C=O) groups excluding carboxylic acids is 1. The van der Waals surface area contributed by atoms with Crippen LogP contribution < -0.4 is 0 Å². The number of hydrogen-bond donors (Lipinski definition) is 0. The average Bonchev–Trinajstić information content (AvgIpc) is 2.27. The molecule has 0 spiro atoms. The lowest BCUT2D eigenvalue weighted by Gasteiger charge is -2.48. The predicted octanol–water partition coefficient (Wildman–Crippen LogP) is 4.21. The second-order valence-corrected chi connectivity index (χ2v) is 5.98. The van der Waals surface area contributed by atoms with E-state index >= 15 is 0 Å². The van der Waals surface area contributed by atoms with Gasteiger partial charge in [0.1, 0.15) is 5.60 Å². The first-order valence-electron chi connectivity index (χ1n) is 7.34. The number of rotatable bonds is 3. The molecule has 1 rings (SSSR count). The molecular weight excluding hydrogens is 278 g/mol. The van der Waals surface area contributed by atoms with Crippen molar-refractivity contribution in [3.8, 4) is 6.07 Å². The molecule has 21 heavy (non-hydrogen) atoms. The first kappa shape index (κ1) is 19.6. The van der Waals surface area contributed by atoms with E-state index in [1.165, 1.54) is 0 Å². The summed E-state index contributed by atoms with van der Waals surface area (Å²) in [7, 11) is 0. The van der Waals surface area contributed by atoms with Crippen LogP contribution in [0.3, 0.4) is 0 Å². The molecule has 0 radical (unpaired) electrons. The summed E-state index contributed by atoms with van der Waals surface area (Å²) in [5.74, 6) is -3.07. The van der Waals surface area contributed by atoms with Crippen molar-refractivity contribution in [2.45, 2.75) is 65.9 Å². The lowest BCUT2D eigenvalue weighted by atomic mass is 9.74. The third kappa shape index (κ3) is 4.55. The van der Waals surface area contributed by atoms with E-state index in [0.717, 1.165) is 4.90 Å². The number of hydrogen-bond acceptors (Lipinski definition) is 3. The third-order valence-electron chi connectivity index (χ3n) is 3.05. The summed E-state index contributed by atoms with van der Waals surface area (Å²) in [6.45, 7) is 10.2. The van der Waals surface area contributed by atoms with Crippen LogP contribution in [0.2, 0.25) is 0 Å². The van der Waals surface area contributed by atoms with Crippen molar-refractivity contribution in [2.24, 2.45) is 5.41 Å². The zero-order valence-corrected chi connectivity index (χ0v) is 13.8. The molecular formula is C15H26F2N2O2. The van der Waals surface area contributed by atoms with Crippen LogP contribution in [0, 0.1) is 16.7 Å². The van der Waals surface area contributed by atoms with Crippen molar-refractivity contribution >= 4 is 6.09 Å². The number of likely N-dealkylation sites (tertiary alicyclic amines) is 1. The molecule has 1 aliphatic rings. The van der Waals surface area contributed by atoms with Crippen molar-refractivity contribution in [1.82, 2.24) is 4.90 Å². The van der Waals surface area contributed by atoms with E-state index in [4.69, 9.17) is 10.00 Å². The first-order valence-corrected chi connectivity index (χ1v) is 7.34. The molecule has 0 atom stereocenters. The van der Waals surface area contributed by atoms with Crippen LogP contribution in [0.5, 0.6) is 0 Å². The molecule has 6 heteroatoms. The maximum absolute atomic E-state index is 13.9. The number of nitrogens with zero attached hydrogens (tertiary/aromatic N) is 2. The van der Waals surface area contributed by atoms with E-state index in [0.29, 0.717) is 6.42 Å². The highest BCUT2D eigenvalue weighted by atomic mass is 19.3. The fourth-order valence-corrected chi connectivity index (χ4v) is 2.00. The van der Waals surface area contributed by atoms with E-state index in [-0.39, 0.29) is 19.5 Å². The Kier molecular flexibility index (Phi) is 6.59. The van der Waals surface area contributed by atoms with Gasteiger partial charge in [-0.2, -0.15) is 5.26 Å². The van der Waals surface area contributed by atoms with Gasteiger partial charge in [0.15, 0.2) is 5.41 Å². The first-order chi connectivity index (χ1) is 9.57. The second-order valence-electron chi connectivity index (χ2n) is 5.98. The Bertz CT molecular complexity index is 391.